The van der Waals surface area contributed by atoms with Crippen molar-refractivity contribution in [1.82, 2.24) is 0 Å². The second-order valence-electron chi connectivity index (χ2n) is 6.72. The van der Waals surface area contributed by atoms with Crippen LogP contribution in [0, 0.1) is 10.8 Å². The Morgan fingerprint density at radius 3 is 2.00 bits per heavy atom. The summed E-state index contributed by atoms with van der Waals surface area (Å²) in [6.07, 6.45) is 0.881. The van der Waals surface area contributed by atoms with E-state index in [1.54, 1.807) is 0 Å². The second kappa shape index (κ2) is 5.67. The topological polar surface area (TPSA) is 42.9 Å². The van der Waals surface area contributed by atoms with Gasteiger partial charge in [0.05, 0.1) is 7.05 Å². The Morgan fingerprint density at radius 1 is 1.19 bits per heavy atom. The molecule has 3 nitrogen and oxygen atoms in total. The number of quaternary nitrogens is 1. The lowest BCUT2D eigenvalue weighted by Crippen LogP contribution is -2.81. The summed E-state index contributed by atoms with van der Waals surface area (Å²) in [4.78, 5) is 11.5. The van der Waals surface area contributed by atoms with E-state index in [1.807, 2.05) is 12.4 Å². The molecule has 0 spiro atoms. The van der Waals surface area contributed by atoms with Gasteiger partial charge in [0.2, 0.25) is 0 Å². The lowest BCUT2D eigenvalue weighted by atomic mass is 9.78. The lowest BCUT2D eigenvalue weighted by Gasteiger charge is -2.34. The predicted octanol–water partition coefficient (Wildman–Crippen LogP) is 1.57. The minimum Gasteiger partial charge on any atom is -0.458 e. The molecule has 0 amide bonds. The van der Waals surface area contributed by atoms with Crippen molar-refractivity contribution in [2.24, 2.45) is 10.8 Å². The fourth-order valence-corrected chi connectivity index (χ4v) is 1.45. The molecule has 0 aromatic heterocycles. The van der Waals surface area contributed by atoms with E-state index in [9.17, 15) is 4.79 Å². The van der Waals surface area contributed by atoms with Crippen molar-refractivity contribution >= 4 is 5.97 Å². The van der Waals surface area contributed by atoms with E-state index in [-0.39, 0.29) is 22.9 Å². The van der Waals surface area contributed by atoms with Gasteiger partial charge in [-0.3, -0.25) is 0 Å². The molecule has 0 heterocycles. The second-order valence-corrected chi connectivity index (χ2v) is 6.72. The normalized spacial score (nSPS) is 14.7. The Hall–Kier alpha value is -0.570. The van der Waals surface area contributed by atoms with E-state index in [1.165, 1.54) is 0 Å². The third-order valence-corrected chi connectivity index (χ3v) is 2.41. The van der Waals surface area contributed by atoms with E-state index < -0.39 is 0 Å². The number of hydrogen-bond acceptors (Lipinski definition) is 2. The fraction of sp³-hybridized carbons (Fsp3) is 0.923. The molecule has 16 heavy (non-hydrogen) atoms. The van der Waals surface area contributed by atoms with Crippen molar-refractivity contribution in [3.63, 3.8) is 0 Å². The van der Waals surface area contributed by atoms with Crippen LogP contribution in [0.15, 0.2) is 0 Å². The van der Waals surface area contributed by atoms with Crippen LogP contribution in [-0.4, -0.2) is 25.7 Å². The fourth-order valence-electron chi connectivity index (χ4n) is 1.45. The van der Waals surface area contributed by atoms with Gasteiger partial charge in [0.25, 0.3) is 0 Å². The summed E-state index contributed by atoms with van der Waals surface area (Å²) >= 11 is 0. The molecule has 1 atom stereocenters. The first-order chi connectivity index (χ1) is 7.06. The van der Waals surface area contributed by atoms with E-state index in [4.69, 9.17) is 4.74 Å². The molecule has 0 saturated heterocycles. The molecule has 0 rings (SSSR count). The number of carbonyl (C=O) groups excluding carboxylic acids is 1. The van der Waals surface area contributed by atoms with Crippen LogP contribution >= 0.6 is 0 Å². The van der Waals surface area contributed by atoms with Crippen molar-refractivity contribution < 1.29 is 14.8 Å². The quantitative estimate of drug-likeness (QED) is 0.745. The maximum absolute atomic E-state index is 11.5. The van der Waals surface area contributed by atoms with E-state index in [0.29, 0.717) is 6.54 Å². The van der Waals surface area contributed by atoms with E-state index in [0.717, 1.165) is 6.42 Å². The van der Waals surface area contributed by atoms with Crippen LogP contribution in [0.3, 0.4) is 0 Å². The van der Waals surface area contributed by atoms with Gasteiger partial charge in [0.15, 0.2) is 6.54 Å². The van der Waals surface area contributed by atoms with E-state index >= 15 is 0 Å². The zero-order valence-electron chi connectivity index (χ0n) is 11.9. The first kappa shape index (κ1) is 15.4. The van der Waals surface area contributed by atoms with Crippen molar-refractivity contribution in [2.75, 3.05) is 13.6 Å². The Kier molecular flexibility index (Phi) is 5.47. The molecule has 0 bridgehead atoms. The molecule has 0 aliphatic heterocycles. The highest BCUT2D eigenvalue weighted by molar-refractivity contribution is 5.70. The first-order valence-corrected chi connectivity index (χ1v) is 6.03. The van der Waals surface area contributed by atoms with E-state index in [2.05, 4.69) is 41.5 Å². The molecule has 0 aromatic rings. The molecule has 0 aliphatic carbocycles. The molecule has 3 heteroatoms. The van der Waals surface area contributed by atoms with Gasteiger partial charge in [-0.25, -0.2) is 4.79 Å². The van der Waals surface area contributed by atoms with Crippen LogP contribution in [0.4, 0.5) is 0 Å². The average molecular weight is 230 g/mol. The van der Waals surface area contributed by atoms with Crippen molar-refractivity contribution in [3.8, 4) is 0 Å². The molecule has 0 aromatic carbocycles. The summed E-state index contributed by atoms with van der Waals surface area (Å²) in [5.41, 5.74) is 0.171. The summed E-state index contributed by atoms with van der Waals surface area (Å²) < 4.78 is 5.56. The van der Waals surface area contributed by atoms with Gasteiger partial charge in [-0.05, 0) is 17.3 Å². The monoisotopic (exact) mass is 230 g/mol. The number of carbonyl (C=O) groups is 1. The highest BCUT2D eigenvalue weighted by Gasteiger charge is 2.32. The number of nitrogens with two attached hydrogens (primary N) is 1. The molecule has 0 radical (unpaired) electrons. The van der Waals surface area contributed by atoms with Crippen molar-refractivity contribution in [3.05, 3.63) is 0 Å². The molecule has 0 fully saturated rings. The summed E-state index contributed by atoms with van der Waals surface area (Å²) in [6.45, 7) is 13.3. The predicted molar refractivity (Wildman–Crippen MR) is 66.1 cm³/mol. The molecule has 0 aliphatic rings. The zero-order valence-corrected chi connectivity index (χ0v) is 11.9. The van der Waals surface area contributed by atoms with Crippen LogP contribution in [0.1, 0.15) is 48.0 Å². The Bertz CT molecular complexity index is 223. The number of esters is 1. The maximum atomic E-state index is 11.5. The SMILES string of the molecule is C[NH2+]CC(=O)OC(CC(C)(C)C)C(C)(C)C. The smallest absolute Gasteiger partial charge is 0.361 e. The molecule has 96 valence electrons. The van der Waals surface area contributed by atoms with Crippen molar-refractivity contribution in [1.29, 1.82) is 0 Å². The third-order valence-electron chi connectivity index (χ3n) is 2.41. The van der Waals surface area contributed by atoms with Gasteiger partial charge in [0, 0.05) is 0 Å². The van der Waals surface area contributed by atoms with Gasteiger partial charge in [-0.2, -0.15) is 0 Å². The van der Waals surface area contributed by atoms with Gasteiger partial charge in [0.1, 0.15) is 6.10 Å². The van der Waals surface area contributed by atoms with Crippen molar-refractivity contribution in [2.45, 2.75) is 54.1 Å². The van der Waals surface area contributed by atoms with Gasteiger partial charge in [-0.1, -0.05) is 41.5 Å². The third kappa shape index (κ3) is 6.83. The first-order valence-electron chi connectivity index (χ1n) is 6.03. The van der Waals surface area contributed by atoms with Gasteiger partial charge >= 0.3 is 5.97 Å². The van der Waals surface area contributed by atoms with Crippen LogP contribution in [0.2, 0.25) is 0 Å². The lowest BCUT2D eigenvalue weighted by molar-refractivity contribution is -0.617. The van der Waals surface area contributed by atoms with Gasteiger partial charge < -0.3 is 10.1 Å². The minimum atomic E-state index is -0.119. The Morgan fingerprint density at radius 2 is 1.69 bits per heavy atom. The molecular weight excluding hydrogens is 202 g/mol. The molecule has 1 unspecified atom stereocenters. The Balaban J connectivity index is 4.52. The summed E-state index contributed by atoms with van der Waals surface area (Å²) in [5, 5.41) is 1.83. The van der Waals surface area contributed by atoms with Crippen LogP contribution in [0.25, 0.3) is 0 Å². The number of likely N-dealkylation sites (N-methyl/N-ethyl adjacent to an activating group) is 1. The van der Waals surface area contributed by atoms with Crippen LogP contribution in [-0.2, 0) is 9.53 Å². The van der Waals surface area contributed by atoms with Gasteiger partial charge in [-0.15, -0.1) is 0 Å². The minimum absolute atomic E-state index is 0.00329. The zero-order chi connectivity index (χ0) is 13.0. The Labute approximate surface area is 99.9 Å². The number of hydrogen-bond donors (Lipinski definition) is 1. The molecule has 2 N–H and O–H groups in total. The highest BCUT2D eigenvalue weighted by Crippen LogP contribution is 2.32. The average Bonchev–Trinajstić information content (AvgIpc) is 1.98. The summed E-state index contributed by atoms with van der Waals surface area (Å²) in [6, 6.07) is 0. The molecular formula is C13H28NO2+. The highest BCUT2D eigenvalue weighted by atomic mass is 16.5. The largest absolute Gasteiger partial charge is 0.458 e. The standard InChI is InChI=1S/C13H27NO2/c1-12(2,3)8-10(13(4,5)6)16-11(15)9-14-7/h10,14H,8-9H2,1-7H3/p+1. The maximum Gasteiger partial charge on any atom is 0.361 e. The number of rotatable bonds is 4. The molecule has 0 saturated carbocycles. The number of ether oxygens (including phenoxy) is 1. The van der Waals surface area contributed by atoms with Crippen LogP contribution < -0.4 is 5.32 Å². The summed E-state index contributed by atoms with van der Waals surface area (Å²) in [7, 11) is 1.87. The van der Waals surface area contributed by atoms with Crippen LogP contribution in [0.5, 0.6) is 0 Å². The summed E-state index contributed by atoms with van der Waals surface area (Å²) in [5.74, 6) is -0.119.